The summed E-state index contributed by atoms with van der Waals surface area (Å²) in [5, 5.41) is 2.89. The summed E-state index contributed by atoms with van der Waals surface area (Å²) in [5.74, 6) is 0.541. The molecule has 0 aromatic heterocycles. The van der Waals surface area contributed by atoms with Crippen LogP contribution in [0.3, 0.4) is 0 Å². The number of nitrogen functional groups attached to an aromatic ring is 1. The van der Waals surface area contributed by atoms with E-state index in [0.29, 0.717) is 17.1 Å². The van der Waals surface area contributed by atoms with E-state index in [-0.39, 0.29) is 30.2 Å². The van der Waals surface area contributed by atoms with E-state index < -0.39 is 5.51 Å². The lowest BCUT2D eigenvalue weighted by atomic mass is 10.2. The quantitative estimate of drug-likeness (QED) is 0.620. The third kappa shape index (κ3) is 7.05. The second-order valence-corrected chi connectivity index (χ2v) is 5.34. The van der Waals surface area contributed by atoms with Crippen molar-refractivity contribution in [2.24, 2.45) is 0 Å². The number of halogens is 3. The first kappa shape index (κ1) is 15.8. The number of ether oxygens (including phenoxy) is 1. The van der Waals surface area contributed by atoms with Gasteiger partial charge in [-0.25, -0.2) is 0 Å². The van der Waals surface area contributed by atoms with Gasteiger partial charge in [0.05, 0.1) is 6.10 Å². The van der Waals surface area contributed by atoms with Gasteiger partial charge in [0, 0.05) is 35.8 Å². The van der Waals surface area contributed by atoms with Gasteiger partial charge in [-0.1, -0.05) is 0 Å². The minimum atomic E-state index is -4.19. The lowest BCUT2D eigenvalue weighted by Crippen LogP contribution is -2.10. The minimum absolute atomic E-state index is 0.00966. The van der Waals surface area contributed by atoms with Crippen molar-refractivity contribution in [3.05, 3.63) is 18.2 Å². The van der Waals surface area contributed by atoms with E-state index in [1.165, 1.54) is 0 Å². The number of thioether (sulfide) groups is 1. The van der Waals surface area contributed by atoms with Crippen molar-refractivity contribution in [2.45, 2.75) is 25.5 Å². The van der Waals surface area contributed by atoms with Gasteiger partial charge in [-0.05, 0) is 31.7 Å². The number of hydrogen-bond donors (Lipinski definition) is 2. The van der Waals surface area contributed by atoms with Crippen LogP contribution in [0.4, 0.5) is 24.5 Å². The average molecular weight is 294 g/mol. The van der Waals surface area contributed by atoms with Gasteiger partial charge < -0.3 is 15.8 Å². The van der Waals surface area contributed by atoms with E-state index in [2.05, 4.69) is 5.32 Å². The lowest BCUT2D eigenvalue weighted by molar-refractivity contribution is -0.0327. The number of nitrogens with one attached hydrogen (secondary N) is 1. The zero-order valence-electron chi connectivity index (χ0n) is 10.8. The van der Waals surface area contributed by atoms with E-state index in [9.17, 15) is 13.2 Å². The Kier molecular flexibility index (Phi) is 5.65. The van der Waals surface area contributed by atoms with Crippen molar-refractivity contribution < 1.29 is 17.9 Å². The smallest absolute Gasteiger partial charge is 0.441 e. The molecule has 0 fully saturated rings. The molecule has 0 spiro atoms. The zero-order chi connectivity index (χ0) is 14.5. The van der Waals surface area contributed by atoms with E-state index >= 15 is 0 Å². The molecule has 19 heavy (non-hydrogen) atoms. The molecule has 0 aliphatic heterocycles. The van der Waals surface area contributed by atoms with Crippen molar-refractivity contribution in [3.8, 4) is 5.75 Å². The molecular formula is C12H17F3N2OS. The first-order valence-corrected chi connectivity index (χ1v) is 6.76. The van der Waals surface area contributed by atoms with Crippen LogP contribution >= 0.6 is 11.8 Å². The number of alkyl halides is 3. The average Bonchev–Trinajstić information content (AvgIpc) is 2.21. The van der Waals surface area contributed by atoms with Crippen LogP contribution in [0.2, 0.25) is 0 Å². The number of benzene rings is 1. The highest BCUT2D eigenvalue weighted by Gasteiger charge is 2.27. The van der Waals surface area contributed by atoms with E-state index in [0.717, 1.165) is 0 Å². The fourth-order valence-corrected chi connectivity index (χ4v) is 1.86. The highest BCUT2D eigenvalue weighted by atomic mass is 32.2. The lowest BCUT2D eigenvalue weighted by Gasteiger charge is -2.13. The van der Waals surface area contributed by atoms with Gasteiger partial charge in [-0.2, -0.15) is 13.2 Å². The van der Waals surface area contributed by atoms with E-state index in [1.807, 2.05) is 13.8 Å². The Hall–Kier alpha value is -1.24. The van der Waals surface area contributed by atoms with Gasteiger partial charge in [-0.3, -0.25) is 0 Å². The monoisotopic (exact) mass is 294 g/mol. The second kappa shape index (κ2) is 6.79. The van der Waals surface area contributed by atoms with Crippen LogP contribution in [0.15, 0.2) is 18.2 Å². The van der Waals surface area contributed by atoms with Gasteiger partial charge in [0.1, 0.15) is 5.75 Å². The molecule has 0 saturated heterocycles. The first-order valence-electron chi connectivity index (χ1n) is 5.78. The summed E-state index contributed by atoms with van der Waals surface area (Å²) in [6.45, 7) is 3.97. The van der Waals surface area contributed by atoms with Crippen LogP contribution in [0.25, 0.3) is 0 Å². The van der Waals surface area contributed by atoms with Crippen LogP contribution in [-0.4, -0.2) is 23.9 Å². The Morgan fingerprint density at radius 2 is 2.00 bits per heavy atom. The molecule has 0 bridgehead atoms. The molecule has 108 valence electrons. The number of nitrogens with two attached hydrogens (primary N) is 1. The molecular weight excluding hydrogens is 277 g/mol. The fourth-order valence-electron chi connectivity index (χ4n) is 1.43. The summed E-state index contributed by atoms with van der Waals surface area (Å²) in [5.41, 5.74) is 2.67. The Morgan fingerprint density at radius 1 is 1.32 bits per heavy atom. The maximum absolute atomic E-state index is 11.9. The van der Waals surface area contributed by atoms with E-state index in [1.54, 1.807) is 18.2 Å². The molecule has 1 rings (SSSR count). The number of hydrogen-bond acceptors (Lipinski definition) is 4. The maximum atomic E-state index is 11.9. The van der Waals surface area contributed by atoms with Gasteiger partial charge in [-0.15, -0.1) is 0 Å². The Morgan fingerprint density at radius 3 is 2.58 bits per heavy atom. The molecule has 0 radical (unpaired) electrons. The third-order valence-corrected chi connectivity index (χ3v) is 2.73. The summed E-state index contributed by atoms with van der Waals surface area (Å²) in [6, 6.07) is 5.05. The van der Waals surface area contributed by atoms with Crippen LogP contribution < -0.4 is 15.8 Å². The maximum Gasteiger partial charge on any atom is 0.441 e. The summed E-state index contributed by atoms with van der Waals surface area (Å²) < 4.78 is 41.3. The number of rotatable bonds is 6. The summed E-state index contributed by atoms with van der Waals surface area (Å²) in [4.78, 5) is 0. The van der Waals surface area contributed by atoms with Crippen molar-refractivity contribution in [1.29, 1.82) is 0 Å². The van der Waals surface area contributed by atoms with Crippen LogP contribution in [-0.2, 0) is 0 Å². The molecule has 0 atom stereocenters. The van der Waals surface area contributed by atoms with Gasteiger partial charge in [0.15, 0.2) is 0 Å². The van der Waals surface area contributed by atoms with Crippen LogP contribution in [0.5, 0.6) is 5.75 Å². The SMILES string of the molecule is CC(C)Oc1cc(N)cc(NCCSC(F)(F)F)c1. The Bertz CT molecular complexity index is 410. The summed E-state index contributed by atoms with van der Waals surface area (Å²) >= 11 is -0.0531. The second-order valence-electron chi connectivity index (χ2n) is 4.18. The molecule has 0 saturated carbocycles. The summed E-state index contributed by atoms with van der Waals surface area (Å²) in [6.07, 6.45) is 0.00966. The normalized spacial score (nSPS) is 11.7. The molecule has 3 nitrogen and oxygen atoms in total. The topological polar surface area (TPSA) is 47.3 Å². The molecule has 3 N–H and O–H groups in total. The van der Waals surface area contributed by atoms with Crippen molar-refractivity contribution >= 4 is 23.1 Å². The first-order chi connectivity index (χ1) is 8.76. The standard InChI is InChI=1S/C12H17F3N2OS/c1-8(2)18-11-6-9(16)5-10(7-11)17-3-4-19-12(13,14)15/h5-8,17H,3-4,16H2,1-2H3. The van der Waals surface area contributed by atoms with Crippen molar-refractivity contribution in [3.63, 3.8) is 0 Å². The minimum Gasteiger partial charge on any atom is -0.491 e. The van der Waals surface area contributed by atoms with Crippen molar-refractivity contribution in [1.82, 2.24) is 0 Å². The Balaban J connectivity index is 2.51. The predicted octanol–water partition coefficient (Wildman–Crippen LogP) is 3.72. The van der Waals surface area contributed by atoms with Crippen LogP contribution in [0.1, 0.15) is 13.8 Å². The molecule has 0 heterocycles. The third-order valence-electron chi connectivity index (χ3n) is 2.00. The van der Waals surface area contributed by atoms with Crippen LogP contribution in [0, 0.1) is 0 Å². The fraction of sp³-hybridized carbons (Fsp3) is 0.500. The molecule has 0 unspecified atom stereocenters. The molecule has 0 amide bonds. The highest BCUT2D eigenvalue weighted by molar-refractivity contribution is 8.00. The molecule has 0 aliphatic carbocycles. The Labute approximate surface area is 114 Å². The van der Waals surface area contributed by atoms with Gasteiger partial charge >= 0.3 is 5.51 Å². The summed E-state index contributed by atoms with van der Waals surface area (Å²) in [7, 11) is 0. The molecule has 0 aliphatic rings. The highest BCUT2D eigenvalue weighted by Crippen LogP contribution is 2.30. The predicted molar refractivity (Wildman–Crippen MR) is 73.6 cm³/mol. The number of anilines is 2. The zero-order valence-corrected chi connectivity index (χ0v) is 11.6. The molecule has 1 aromatic rings. The molecule has 7 heteroatoms. The molecule has 1 aromatic carbocycles. The van der Waals surface area contributed by atoms with Crippen molar-refractivity contribution in [2.75, 3.05) is 23.3 Å². The van der Waals surface area contributed by atoms with Gasteiger partial charge in [0.25, 0.3) is 0 Å². The largest absolute Gasteiger partial charge is 0.491 e. The van der Waals surface area contributed by atoms with Gasteiger partial charge in [0.2, 0.25) is 0 Å². The van der Waals surface area contributed by atoms with E-state index in [4.69, 9.17) is 10.5 Å².